The number of ether oxygens (including phenoxy) is 3. The molecule has 1 saturated heterocycles. The lowest BCUT2D eigenvalue weighted by Gasteiger charge is -2.37. The first-order valence-corrected chi connectivity index (χ1v) is 9.09. The quantitative estimate of drug-likeness (QED) is 0.848. The fraction of sp³-hybridized carbons (Fsp3) is 0.350. The third-order valence-corrected chi connectivity index (χ3v) is 5.02. The van der Waals surface area contributed by atoms with Gasteiger partial charge in [0.25, 0.3) is 0 Å². The van der Waals surface area contributed by atoms with Crippen LogP contribution in [0.3, 0.4) is 0 Å². The summed E-state index contributed by atoms with van der Waals surface area (Å²) in [6.45, 7) is 1.61. The summed E-state index contributed by atoms with van der Waals surface area (Å²) >= 11 is 0. The predicted octanol–water partition coefficient (Wildman–Crippen LogP) is 3.05. The van der Waals surface area contributed by atoms with Gasteiger partial charge in [0, 0.05) is 25.1 Å². The molecule has 0 aromatic heterocycles. The lowest BCUT2D eigenvalue weighted by Crippen LogP contribution is -2.43. The molecule has 28 heavy (non-hydrogen) atoms. The Hall–Kier alpha value is -3.00. The van der Waals surface area contributed by atoms with Crippen LogP contribution in [-0.2, 0) is 4.84 Å². The molecule has 0 radical (unpaired) electrons. The molecule has 2 aromatic rings. The Labute approximate surface area is 161 Å². The summed E-state index contributed by atoms with van der Waals surface area (Å²) in [5, 5.41) is 1.55. The van der Waals surface area contributed by atoms with Gasteiger partial charge >= 0.3 is 6.09 Å². The van der Waals surface area contributed by atoms with E-state index in [4.69, 9.17) is 24.8 Å². The Kier molecular flexibility index (Phi) is 5.21. The number of hydrogen-bond donors (Lipinski definition) is 1. The van der Waals surface area contributed by atoms with Crippen molar-refractivity contribution >= 4 is 6.09 Å². The molecular weight excluding hydrogens is 367 g/mol. The summed E-state index contributed by atoms with van der Waals surface area (Å²) in [5.74, 6) is 1.89. The van der Waals surface area contributed by atoms with E-state index in [1.807, 2.05) is 6.07 Å². The van der Waals surface area contributed by atoms with Gasteiger partial charge in [-0.05, 0) is 42.2 Å². The molecule has 2 aliphatic rings. The van der Waals surface area contributed by atoms with Crippen LogP contribution in [0.2, 0.25) is 0 Å². The number of nitrogens with zero attached hydrogens (tertiary/aromatic N) is 1. The number of halogens is 1. The van der Waals surface area contributed by atoms with E-state index in [9.17, 15) is 9.18 Å². The van der Waals surface area contributed by atoms with Gasteiger partial charge in [-0.25, -0.2) is 9.18 Å². The minimum absolute atomic E-state index is 0.0176. The molecular formula is C20H21FN2O5. The Bertz CT molecular complexity index is 845. The van der Waals surface area contributed by atoms with Gasteiger partial charge in [-0.3, -0.25) is 0 Å². The summed E-state index contributed by atoms with van der Waals surface area (Å²) < 4.78 is 30.0. The third-order valence-electron chi connectivity index (χ3n) is 5.02. The standard InChI is InChI=1S/C20H21FN2O5/c21-15-3-1-13(2-4-15)17-7-8-23(28-20(22)24)10-14(17)11-25-16-5-6-18-19(9-16)27-12-26-18/h1-6,9,14,17H,7-8,10-12H2,(H2,22,24)/t14-,17-/m0/s1. The summed E-state index contributed by atoms with van der Waals surface area (Å²) in [4.78, 5) is 16.2. The molecule has 0 aliphatic carbocycles. The predicted molar refractivity (Wildman–Crippen MR) is 97.5 cm³/mol. The normalized spacial score (nSPS) is 21.3. The van der Waals surface area contributed by atoms with Crippen LogP contribution in [0, 0.1) is 11.7 Å². The number of fused-ring (bicyclic) bond motifs is 1. The van der Waals surface area contributed by atoms with Gasteiger partial charge in [-0.15, -0.1) is 5.06 Å². The zero-order chi connectivity index (χ0) is 19.5. The lowest BCUT2D eigenvalue weighted by molar-refractivity contribution is -0.127. The highest BCUT2D eigenvalue weighted by atomic mass is 19.1. The van der Waals surface area contributed by atoms with E-state index in [-0.39, 0.29) is 24.4 Å². The summed E-state index contributed by atoms with van der Waals surface area (Å²) in [7, 11) is 0. The molecule has 8 heteroatoms. The van der Waals surface area contributed by atoms with Gasteiger partial charge in [0.05, 0.1) is 6.61 Å². The number of benzene rings is 2. The van der Waals surface area contributed by atoms with Gasteiger partial charge in [-0.1, -0.05) is 12.1 Å². The number of nitrogens with two attached hydrogens (primary N) is 1. The van der Waals surface area contributed by atoms with Gasteiger partial charge < -0.3 is 24.8 Å². The van der Waals surface area contributed by atoms with Gasteiger partial charge in [0.2, 0.25) is 6.79 Å². The molecule has 0 spiro atoms. The second-order valence-electron chi connectivity index (χ2n) is 6.83. The average Bonchev–Trinajstić information content (AvgIpc) is 3.15. The lowest BCUT2D eigenvalue weighted by atomic mass is 9.81. The number of hydrogen-bond acceptors (Lipinski definition) is 6. The van der Waals surface area contributed by atoms with E-state index in [1.165, 1.54) is 12.1 Å². The first-order chi connectivity index (χ1) is 13.6. The monoisotopic (exact) mass is 388 g/mol. The van der Waals surface area contributed by atoms with E-state index >= 15 is 0 Å². The molecule has 148 valence electrons. The summed E-state index contributed by atoms with van der Waals surface area (Å²) in [6, 6.07) is 11.9. The molecule has 0 unspecified atom stereocenters. The van der Waals surface area contributed by atoms with Crippen LogP contribution in [0.4, 0.5) is 9.18 Å². The van der Waals surface area contributed by atoms with Crippen LogP contribution >= 0.6 is 0 Å². The van der Waals surface area contributed by atoms with Crippen molar-refractivity contribution < 1.29 is 28.2 Å². The number of rotatable bonds is 5. The molecule has 4 rings (SSSR count). The van der Waals surface area contributed by atoms with Gasteiger partial charge in [0.15, 0.2) is 11.5 Å². The molecule has 1 amide bonds. The molecule has 2 N–H and O–H groups in total. The number of amides is 1. The van der Waals surface area contributed by atoms with Crippen LogP contribution < -0.4 is 19.9 Å². The smallest absolute Gasteiger partial charge is 0.423 e. The molecule has 1 fully saturated rings. The minimum Gasteiger partial charge on any atom is -0.493 e. The zero-order valence-corrected chi connectivity index (χ0v) is 15.2. The maximum atomic E-state index is 13.3. The maximum Gasteiger partial charge on any atom is 0.423 e. The second kappa shape index (κ2) is 7.93. The van der Waals surface area contributed by atoms with Crippen LogP contribution in [0.1, 0.15) is 17.9 Å². The molecule has 2 atom stereocenters. The number of primary amides is 1. The Morgan fingerprint density at radius 1 is 1.18 bits per heavy atom. The van der Waals surface area contributed by atoms with E-state index in [2.05, 4.69) is 0 Å². The van der Waals surface area contributed by atoms with Crippen LogP contribution in [-0.4, -0.2) is 37.6 Å². The van der Waals surface area contributed by atoms with Crippen molar-refractivity contribution in [2.45, 2.75) is 12.3 Å². The highest BCUT2D eigenvalue weighted by Gasteiger charge is 2.32. The minimum atomic E-state index is -0.837. The van der Waals surface area contributed by atoms with E-state index in [0.717, 1.165) is 12.0 Å². The fourth-order valence-corrected chi connectivity index (χ4v) is 3.70. The zero-order valence-electron chi connectivity index (χ0n) is 15.2. The largest absolute Gasteiger partial charge is 0.493 e. The Balaban J connectivity index is 1.48. The fourth-order valence-electron chi connectivity index (χ4n) is 3.70. The first kappa shape index (κ1) is 18.4. The highest BCUT2D eigenvalue weighted by Crippen LogP contribution is 2.37. The average molecular weight is 388 g/mol. The van der Waals surface area contributed by atoms with Crippen LogP contribution in [0.5, 0.6) is 17.2 Å². The van der Waals surface area contributed by atoms with E-state index in [1.54, 1.807) is 29.3 Å². The van der Waals surface area contributed by atoms with Crippen molar-refractivity contribution in [2.75, 3.05) is 26.5 Å². The van der Waals surface area contributed by atoms with Crippen LogP contribution in [0.25, 0.3) is 0 Å². The van der Waals surface area contributed by atoms with Crippen molar-refractivity contribution in [1.29, 1.82) is 0 Å². The van der Waals surface area contributed by atoms with Crippen LogP contribution in [0.15, 0.2) is 42.5 Å². The van der Waals surface area contributed by atoms with Gasteiger partial charge in [0.1, 0.15) is 11.6 Å². The topological polar surface area (TPSA) is 83.3 Å². The number of piperidine rings is 1. The highest BCUT2D eigenvalue weighted by molar-refractivity contribution is 5.64. The maximum absolute atomic E-state index is 13.3. The van der Waals surface area contributed by atoms with Crippen molar-refractivity contribution in [1.82, 2.24) is 5.06 Å². The first-order valence-electron chi connectivity index (χ1n) is 9.09. The van der Waals surface area contributed by atoms with E-state index < -0.39 is 6.09 Å². The van der Waals surface area contributed by atoms with Crippen molar-refractivity contribution in [3.05, 3.63) is 53.8 Å². The number of carbonyl (C=O) groups excluding carboxylic acids is 1. The number of carbonyl (C=O) groups is 1. The number of hydroxylamine groups is 2. The molecule has 2 heterocycles. The third kappa shape index (κ3) is 4.12. The molecule has 0 bridgehead atoms. The summed E-state index contributed by atoms with van der Waals surface area (Å²) in [5.41, 5.74) is 6.17. The molecule has 2 aromatic carbocycles. The second-order valence-corrected chi connectivity index (χ2v) is 6.83. The Morgan fingerprint density at radius 2 is 1.96 bits per heavy atom. The van der Waals surface area contributed by atoms with Crippen molar-refractivity contribution in [3.8, 4) is 17.2 Å². The molecule has 2 aliphatic heterocycles. The molecule has 0 saturated carbocycles. The van der Waals surface area contributed by atoms with E-state index in [0.29, 0.717) is 36.9 Å². The molecule has 7 nitrogen and oxygen atoms in total. The SMILES string of the molecule is NC(=O)ON1CC[C@@H](c2ccc(F)cc2)[C@H](COc2ccc3c(c2)OCO3)C1. The Morgan fingerprint density at radius 3 is 2.75 bits per heavy atom. The summed E-state index contributed by atoms with van der Waals surface area (Å²) in [6.07, 6.45) is -0.107. The van der Waals surface area contributed by atoms with Crippen molar-refractivity contribution in [2.24, 2.45) is 11.7 Å². The van der Waals surface area contributed by atoms with Gasteiger partial charge in [-0.2, -0.15) is 0 Å². The van der Waals surface area contributed by atoms with Crippen molar-refractivity contribution in [3.63, 3.8) is 0 Å².